The topological polar surface area (TPSA) is 41.1 Å². The van der Waals surface area contributed by atoms with Crippen LogP contribution in [0.4, 0.5) is 0 Å². The normalized spacial score (nSPS) is 37.7. The highest BCUT2D eigenvalue weighted by Crippen LogP contribution is 2.50. The third-order valence-electron chi connectivity index (χ3n) is 4.09. The molecular formula is C12H22N2O. The van der Waals surface area contributed by atoms with Crippen LogP contribution in [0.2, 0.25) is 0 Å². The van der Waals surface area contributed by atoms with Crippen LogP contribution >= 0.6 is 0 Å². The van der Waals surface area contributed by atoms with E-state index in [1.54, 1.807) is 0 Å². The van der Waals surface area contributed by atoms with E-state index in [9.17, 15) is 4.79 Å². The summed E-state index contributed by atoms with van der Waals surface area (Å²) in [5.41, 5.74) is 0.465. The van der Waals surface area contributed by atoms with E-state index in [0.29, 0.717) is 17.3 Å². The van der Waals surface area contributed by atoms with Crippen molar-refractivity contribution in [1.29, 1.82) is 0 Å². The molecule has 1 amide bonds. The summed E-state index contributed by atoms with van der Waals surface area (Å²) in [5.74, 6) is 1.62. The highest BCUT2D eigenvalue weighted by atomic mass is 16.1. The fourth-order valence-corrected chi connectivity index (χ4v) is 2.44. The van der Waals surface area contributed by atoms with Crippen LogP contribution in [0.5, 0.6) is 0 Å². The average molecular weight is 210 g/mol. The second kappa shape index (κ2) is 3.78. The first kappa shape index (κ1) is 10.9. The first-order valence-electron chi connectivity index (χ1n) is 5.99. The molecule has 3 atom stereocenters. The van der Waals surface area contributed by atoms with Gasteiger partial charge in [0, 0.05) is 13.1 Å². The van der Waals surface area contributed by atoms with E-state index < -0.39 is 0 Å². The van der Waals surface area contributed by atoms with E-state index in [1.165, 1.54) is 6.42 Å². The van der Waals surface area contributed by atoms with Crippen LogP contribution in [0, 0.1) is 23.2 Å². The van der Waals surface area contributed by atoms with Crippen molar-refractivity contribution in [3.8, 4) is 0 Å². The maximum atomic E-state index is 11.8. The maximum Gasteiger partial charge on any atom is 0.224 e. The molecule has 0 aromatic rings. The van der Waals surface area contributed by atoms with Crippen molar-refractivity contribution >= 4 is 5.91 Å². The summed E-state index contributed by atoms with van der Waals surface area (Å²) in [5, 5.41) is 6.36. The molecule has 2 aliphatic rings. The molecule has 15 heavy (non-hydrogen) atoms. The van der Waals surface area contributed by atoms with Gasteiger partial charge in [-0.05, 0) is 30.2 Å². The lowest BCUT2D eigenvalue weighted by Gasteiger charge is -2.14. The largest absolute Gasteiger partial charge is 0.356 e. The predicted octanol–water partition coefficient (Wildman–Crippen LogP) is 1.00. The molecule has 2 N–H and O–H groups in total. The molecule has 1 saturated carbocycles. The van der Waals surface area contributed by atoms with Gasteiger partial charge in [0.25, 0.3) is 0 Å². The minimum Gasteiger partial charge on any atom is -0.356 e. The number of carbonyl (C=O) groups excluding carboxylic acids is 1. The molecule has 1 heterocycles. The summed E-state index contributed by atoms with van der Waals surface area (Å²) in [4.78, 5) is 11.8. The molecule has 0 aromatic carbocycles. The van der Waals surface area contributed by atoms with E-state index in [0.717, 1.165) is 19.6 Å². The summed E-state index contributed by atoms with van der Waals surface area (Å²) in [6, 6.07) is 0. The number of nitrogens with one attached hydrogen (secondary N) is 2. The molecule has 1 saturated heterocycles. The fraction of sp³-hybridized carbons (Fsp3) is 0.917. The van der Waals surface area contributed by atoms with Crippen LogP contribution in [0.3, 0.4) is 0 Å². The number of rotatable bonds is 3. The van der Waals surface area contributed by atoms with Crippen molar-refractivity contribution in [2.24, 2.45) is 23.2 Å². The number of hydrogen-bond acceptors (Lipinski definition) is 2. The molecule has 3 nitrogen and oxygen atoms in total. The van der Waals surface area contributed by atoms with Crippen molar-refractivity contribution in [1.82, 2.24) is 10.6 Å². The Labute approximate surface area is 92.0 Å². The lowest BCUT2D eigenvalue weighted by atomic mass is 9.97. The van der Waals surface area contributed by atoms with Gasteiger partial charge in [0.1, 0.15) is 0 Å². The lowest BCUT2D eigenvalue weighted by Crippen LogP contribution is -2.35. The molecule has 2 fully saturated rings. The lowest BCUT2D eigenvalue weighted by molar-refractivity contribution is -0.125. The van der Waals surface area contributed by atoms with Crippen molar-refractivity contribution < 1.29 is 4.79 Å². The van der Waals surface area contributed by atoms with Gasteiger partial charge in [-0.1, -0.05) is 20.8 Å². The van der Waals surface area contributed by atoms with Gasteiger partial charge in [-0.3, -0.25) is 4.79 Å². The summed E-state index contributed by atoms with van der Waals surface area (Å²) in [7, 11) is 0. The van der Waals surface area contributed by atoms with Crippen LogP contribution in [0.15, 0.2) is 0 Å². The van der Waals surface area contributed by atoms with E-state index in [4.69, 9.17) is 0 Å². The second-order valence-corrected chi connectivity index (χ2v) is 5.88. The van der Waals surface area contributed by atoms with Gasteiger partial charge in [0.15, 0.2) is 0 Å². The van der Waals surface area contributed by atoms with Gasteiger partial charge in [-0.2, -0.15) is 0 Å². The molecule has 2 rings (SSSR count). The maximum absolute atomic E-state index is 11.8. The molecule has 1 aliphatic heterocycles. The molecule has 0 bridgehead atoms. The summed E-state index contributed by atoms with van der Waals surface area (Å²) in [6.45, 7) is 9.38. The summed E-state index contributed by atoms with van der Waals surface area (Å²) >= 11 is 0. The Bertz CT molecular complexity index is 262. The Morgan fingerprint density at radius 2 is 2.13 bits per heavy atom. The average Bonchev–Trinajstić information content (AvgIpc) is 2.58. The Balaban J connectivity index is 1.73. The molecule has 0 aromatic heterocycles. The van der Waals surface area contributed by atoms with E-state index >= 15 is 0 Å². The van der Waals surface area contributed by atoms with Gasteiger partial charge in [-0.15, -0.1) is 0 Å². The monoisotopic (exact) mass is 210 g/mol. The summed E-state index contributed by atoms with van der Waals surface area (Å²) < 4.78 is 0. The van der Waals surface area contributed by atoms with Crippen LogP contribution in [-0.2, 0) is 4.79 Å². The van der Waals surface area contributed by atoms with Gasteiger partial charge >= 0.3 is 0 Å². The second-order valence-electron chi connectivity index (χ2n) is 5.88. The van der Waals surface area contributed by atoms with Gasteiger partial charge in [0.05, 0.1) is 5.92 Å². The highest BCUT2D eigenvalue weighted by molar-refractivity contribution is 5.79. The smallest absolute Gasteiger partial charge is 0.224 e. The van der Waals surface area contributed by atoms with Crippen molar-refractivity contribution in [2.75, 3.05) is 19.6 Å². The zero-order valence-corrected chi connectivity index (χ0v) is 9.97. The molecule has 0 spiro atoms. The molecule has 3 heteroatoms. The third-order valence-corrected chi connectivity index (χ3v) is 4.09. The third kappa shape index (κ3) is 2.33. The van der Waals surface area contributed by atoms with Crippen LogP contribution < -0.4 is 10.6 Å². The Morgan fingerprint density at radius 1 is 1.47 bits per heavy atom. The van der Waals surface area contributed by atoms with Crippen LogP contribution in [0.1, 0.15) is 27.2 Å². The molecule has 0 radical (unpaired) electrons. The quantitative estimate of drug-likeness (QED) is 0.730. The van der Waals surface area contributed by atoms with Crippen LogP contribution in [-0.4, -0.2) is 25.5 Å². The Hall–Kier alpha value is -0.570. The number of hydrogen-bond donors (Lipinski definition) is 2. The Morgan fingerprint density at radius 3 is 2.60 bits per heavy atom. The molecular weight excluding hydrogens is 188 g/mol. The number of carbonyl (C=O) groups is 1. The minimum absolute atomic E-state index is 0.187. The Kier molecular flexibility index (Phi) is 2.75. The van der Waals surface area contributed by atoms with Crippen LogP contribution in [0.25, 0.3) is 0 Å². The van der Waals surface area contributed by atoms with Gasteiger partial charge in [0.2, 0.25) is 5.91 Å². The summed E-state index contributed by atoms with van der Waals surface area (Å²) in [6.07, 6.45) is 1.26. The number of amides is 1. The first-order chi connectivity index (χ1) is 7.00. The zero-order valence-electron chi connectivity index (χ0n) is 9.97. The van der Waals surface area contributed by atoms with Crippen molar-refractivity contribution in [2.45, 2.75) is 27.2 Å². The van der Waals surface area contributed by atoms with E-state index in [2.05, 4.69) is 31.4 Å². The fourth-order valence-electron chi connectivity index (χ4n) is 2.44. The minimum atomic E-state index is 0.187. The first-order valence-corrected chi connectivity index (χ1v) is 5.99. The van der Waals surface area contributed by atoms with Crippen molar-refractivity contribution in [3.05, 3.63) is 0 Å². The predicted molar refractivity (Wildman–Crippen MR) is 60.4 cm³/mol. The van der Waals surface area contributed by atoms with Gasteiger partial charge in [-0.25, -0.2) is 0 Å². The highest BCUT2D eigenvalue weighted by Gasteiger charge is 2.45. The zero-order chi connectivity index (χ0) is 11.1. The van der Waals surface area contributed by atoms with E-state index in [-0.39, 0.29) is 11.8 Å². The standard InChI is InChI=1S/C12H22N2O/c1-8-5-13-7-10(8)11(15)14-6-9-4-12(9,2)3/h8-10,13H,4-7H2,1-3H3,(H,14,15). The van der Waals surface area contributed by atoms with Gasteiger partial charge < -0.3 is 10.6 Å². The molecule has 3 unspecified atom stereocenters. The molecule has 86 valence electrons. The van der Waals surface area contributed by atoms with Crippen molar-refractivity contribution in [3.63, 3.8) is 0 Å². The SMILES string of the molecule is CC1CNCC1C(=O)NCC1CC1(C)C. The molecule has 1 aliphatic carbocycles. The van der Waals surface area contributed by atoms with E-state index in [1.807, 2.05) is 0 Å².